The van der Waals surface area contributed by atoms with Gasteiger partial charge in [0.1, 0.15) is 5.60 Å². The molecule has 1 amide bonds. The van der Waals surface area contributed by atoms with Crippen molar-refractivity contribution in [3.8, 4) is 0 Å². The highest BCUT2D eigenvalue weighted by Crippen LogP contribution is 2.16. The van der Waals surface area contributed by atoms with Crippen LogP contribution < -0.4 is 5.73 Å². The van der Waals surface area contributed by atoms with Gasteiger partial charge in [-0.05, 0) is 13.8 Å². The quantitative estimate of drug-likeness (QED) is 0.626. The zero-order valence-electron chi connectivity index (χ0n) is 7.53. The Bertz CT molecular complexity index is 157. The first-order valence-electron chi connectivity index (χ1n) is 3.56. The van der Waals surface area contributed by atoms with Crippen LogP contribution in [-0.4, -0.2) is 36.6 Å². The Balaban J connectivity index is 4.23. The van der Waals surface area contributed by atoms with Crippen LogP contribution in [0.15, 0.2) is 0 Å². The van der Waals surface area contributed by atoms with Gasteiger partial charge in [0.25, 0.3) is 0 Å². The molecule has 0 fully saturated rings. The molecule has 1 unspecified atom stereocenters. The minimum atomic E-state index is -0.917. The molecule has 0 saturated carbocycles. The lowest BCUT2D eigenvalue weighted by molar-refractivity contribution is -0.0973. The van der Waals surface area contributed by atoms with E-state index in [9.17, 15) is 4.79 Å². The number of amides is 1. The number of hydrogen-bond acceptors (Lipinski definition) is 4. The Hall–Kier alpha value is -0.810. The molecule has 0 aromatic carbocycles. The standard InChI is InChI=1S/C7H15NO4/c1-7(2,11-3)5(4-9)12-6(8)10/h5,9H,4H2,1-3H3,(H2,8,10). The minimum absolute atomic E-state index is 0.316. The number of aliphatic hydroxyl groups excluding tert-OH is 1. The van der Waals surface area contributed by atoms with E-state index in [2.05, 4.69) is 4.74 Å². The SMILES string of the molecule is COC(C)(C)C(CO)OC(N)=O. The summed E-state index contributed by atoms with van der Waals surface area (Å²) in [5.74, 6) is 0. The van der Waals surface area contributed by atoms with Crippen molar-refractivity contribution in [1.29, 1.82) is 0 Å². The van der Waals surface area contributed by atoms with Crippen molar-refractivity contribution in [1.82, 2.24) is 0 Å². The van der Waals surface area contributed by atoms with Crippen LogP contribution >= 0.6 is 0 Å². The molecule has 0 aliphatic carbocycles. The Morgan fingerprint density at radius 1 is 1.67 bits per heavy atom. The molecular formula is C7H15NO4. The summed E-state index contributed by atoms with van der Waals surface area (Å²) in [4.78, 5) is 10.4. The van der Waals surface area contributed by atoms with Gasteiger partial charge in [-0.3, -0.25) is 0 Å². The number of methoxy groups -OCH3 is 1. The zero-order chi connectivity index (χ0) is 9.78. The van der Waals surface area contributed by atoms with E-state index < -0.39 is 17.8 Å². The van der Waals surface area contributed by atoms with Gasteiger partial charge in [0.15, 0.2) is 6.10 Å². The number of ether oxygens (including phenoxy) is 2. The highest BCUT2D eigenvalue weighted by molar-refractivity contribution is 5.64. The molecule has 0 aliphatic rings. The number of rotatable bonds is 4. The lowest BCUT2D eigenvalue weighted by atomic mass is 10.0. The maximum Gasteiger partial charge on any atom is 0.404 e. The maximum atomic E-state index is 10.4. The van der Waals surface area contributed by atoms with Crippen LogP contribution in [0.4, 0.5) is 4.79 Å². The lowest BCUT2D eigenvalue weighted by Crippen LogP contribution is -2.44. The predicted octanol–water partition coefficient (Wildman–Crippen LogP) is -0.132. The first kappa shape index (κ1) is 11.2. The summed E-state index contributed by atoms with van der Waals surface area (Å²) < 4.78 is 9.62. The van der Waals surface area contributed by atoms with Crippen LogP contribution in [0.1, 0.15) is 13.8 Å². The molecule has 0 aromatic heterocycles. The molecule has 0 saturated heterocycles. The van der Waals surface area contributed by atoms with Crippen LogP contribution in [0.25, 0.3) is 0 Å². The summed E-state index contributed by atoms with van der Waals surface area (Å²) in [6, 6.07) is 0. The zero-order valence-corrected chi connectivity index (χ0v) is 7.53. The Kier molecular flexibility index (Phi) is 3.99. The van der Waals surface area contributed by atoms with E-state index in [1.807, 2.05) is 0 Å². The Morgan fingerprint density at radius 2 is 2.17 bits per heavy atom. The molecule has 0 spiro atoms. The third-order valence-corrected chi connectivity index (χ3v) is 1.73. The number of primary amides is 1. The van der Waals surface area contributed by atoms with Crippen molar-refractivity contribution in [3.63, 3.8) is 0 Å². The van der Waals surface area contributed by atoms with Crippen molar-refractivity contribution < 1.29 is 19.4 Å². The van der Waals surface area contributed by atoms with Crippen molar-refractivity contribution in [2.75, 3.05) is 13.7 Å². The van der Waals surface area contributed by atoms with E-state index in [1.54, 1.807) is 13.8 Å². The second-order valence-electron chi connectivity index (χ2n) is 2.92. The van der Waals surface area contributed by atoms with Gasteiger partial charge in [-0.1, -0.05) is 0 Å². The van der Waals surface area contributed by atoms with E-state index in [-0.39, 0.29) is 6.61 Å². The number of hydrogen-bond donors (Lipinski definition) is 2. The average molecular weight is 177 g/mol. The first-order valence-corrected chi connectivity index (χ1v) is 3.56. The summed E-state index contributed by atoms with van der Waals surface area (Å²) in [5, 5.41) is 8.83. The van der Waals surface area contributed by atoms with Gasteiger partial charge < -0.3 is 20.3 Å². The second-order valence-corrected chi connectivity index (χ2v) is 2.92. The third kappa shape index (κ3) is 3.06. The van der Waals surface area contributed by atoms with Crippen LogP contribution in [0.3, 0.4) is 0 Å². The topological polar surface area (TPSA) is 81.8 Å². The predicted molar refractivity (Wildman–Crippen MR) is 42.6 cm³/mol. The number of carbonyl (C=O) groups is 1. The van der Waals surface area contributed by atoms with Crippen molar-refractivity contribution in [2.24, 2.45) is 5.73 Å². The highest BCUT2D eigenvalue weighted by Gasteiger charge is 2.31. The summed E-state index contributed by atoms with van der Waals surface area (Å²) in [6.07, 6.45) is -1.65. The molecule has 5 heteroatoms. The minimum Gasteiger partial charge on any atom is -0.441 e. The van der Waals surface area contributed by atoms with Crippen molar-refractivity contribution in [2.45, 2.75) is 25.6 Å². The van der Waals surface area contributed by atoms with Crippen LogP contribution in [0.5, 0.6) is 0 Å². The molecule has 0 aliphatic heterocycles. The second kappa shape index (κ2) is 4.27. The smallest absolute Gasteiger partial charge is 0.404 e. The largest absolute Gasteiger partial charge is 0.441 e. The van der Waals surface area contributed by atoms with Crippen molar-refractivity contribution in [3.05, 3.63) is 0 Å². The van der Waals surface area contributed by atoms with Crippen molar-refractivity contribution >= 4 is 6.09 Å². The van der Waals surface area contributed by atoms with Gasteiger partial charge in [-0.2, -0.15) is 0 Å². The fourth-order valence-corrected chi connectivity index (χ4v) is 0.671. The van der Waals surface area contributed by atoms with E-state index >= 15 is 0 Å². The van der Waals surface area contributed by atoms with Crippen LogP contribution in [-0.2, 0) is 9.47 Å². The molecule has 72 valence electrons. The third-order valence-electron chi connectivity index (χ3n) is 1.73. The van der Waals surface area contributed by atoms with E-state index in [0.717, 1.165) is 0 Å². The molecule has 0 heterocycles. The number of carbonyl (C=O) groups excluding carboxylic acids is 1. The fourth-order valence-electron chi connectivity index (χ4n) is 0.671. The molecule has 0 rings (SSSR count). The van der Waals surface area contributed by atoms with Gasteiger partial charge in [0.2, 0.25) is 0 Å². The maximum absolute atomic E-state index is 10.4. The van der Waals surface area contributed by atoms with E-state index in [0.29, 0.717) is 0 Å². The van der Waals surface area contributed by atoms with Gasteiger partial charge in [0, 0.05) is 7.11 Å². The number of nitrogens with two attached hydrogens (primary N) is 1. The summed E-state index contributed by atoms with van der Waals surface area (Å²) >= 11 is 0. The average Bonchev–Trinajstić information content (AvgIpc) is 1.99. The van der Waals surface area contributed by atoms with Gasteiger partial charge in [-0.15, -0.1) is 0 Å². The number of aliphatic hydroxyl groups is 1. The molecular weight excluding hydrogens is 162 g/mol. The van der Waals surface area contributed by atoms with Gasteiger partial charge in [-0.25, -0.2) is 4.79 Å². The van der Waals surface area contributed by atoms with E-state index in [1.165, 1.54) is 7.11 Å². The molecule has 5 nitrogen and oxygen atoms in total. The fraction of sp³-hybridized carbons (Fsp3) is 0.857. The molecule has 3 N–H and O–H groups in total. The summed E-state index contributed by atoms with van der Waals surface area (Å²) in [7, 11) is 1.47. The van der Waals surface area contributed by atoms with E-state index in [4.69, 9.17) is 15.6 Å². The molecule has 1 atom stereocenters. The monoisotopic (exact) mass is 177 g/mol. The van der Waals surface area contributed by atoms with Crippen LogP contribution in [0.2, 0.25) is 0 Å². The normalized spacial score (nSPS) is 14.0. The lowest BCUT2D eigenvalue weighted by Gasteiger charge is -2.30. The van der Waals surface area contributed by atoms with Gasteiger partial charge >= 0.3 is 6.09 Å². The Labute approximate surface area is 71.5 Å². The van der Waals surface area contributed by atoms with Crippen LogP contribution in [0, 0.1) is 0 Å². The summed E-state index contributed by atoms with van der Waals surface area (Å²) in [5.41, 5.74) is 4.06. The summed E-state index contributed by atoms with van der Waals surface area (Å²) in [6.45, 7) is 3.07. The molecule has 0 aromatic rings. The Morgan fingerprint density at radius 3 is 2.42 bits per heavy atom. The van der Waals surface area contributed by atoms with Gasteiger partial charge in [0.05, 0.1) is 6.61 Å². The first-order chi connectivity index (χ1) is 5.44. The highest BCUT2D eigenvalue weighted by atomic mass is 16.6. The molecule has 0 bridgehead atoms. The molecule has 12 heavy (non-hydrogen) atoms. The molecule has 0 radical (unpaired) electrons.